The van der Waals surface area contributed by atoms with Crippen molar-refractivity contribution in [1.29, 1.82) is 0 Å². The van der Waals surface area contributed by atoms with Crippen LogP contribution in [0, 0.1) is 0 Å². The molecule has 12 heavy (non-hydrogen) atoms. The predicted molar refractivity (Wildman–Crippen MR) is 15.7 cm³/mol. The number of hydrogen-bond donors (Lipinski definition) is 2. The van der Waals surface area contributed by atoms with Gasteiger partial charge in [-0.1, -0.05) is 0 Å². The van der Waals surface area contributed by atoms with Gasteiger partial charge < -0.3 is 0 Å². The topological polar surface area (TPSA) is 155 Å². The van der Waals surface area contributed by atoms with Crippen molar-refractivity contribution in [3.63, 3.8) is 0 Å². The monoisotopic (exact) mass is 430 g/mol. The molecule has 0 atom stereocenters. The van der Waals surface area contributed by atoms with Crippen LogP contribution in [0.15, 0.2) is 0 Å². The first-order chi connectivity index (χ1) is 4.00. The Morgan fingerprint density at radius 1 is 0.917 bits per heavy atom. The second-order valence-electron chi connectivity index (χ2n) is 0.856. The SMILES string of the molecule is [Cd+2].[O]=[Cr](=[O])([O-])[O-].[O]=[Cr](=[O])([OH])[OH].[SeH2]. The second-order valence-corrected chi connectivity index (χ2v) is 3.53. The summed E-state index contributed by atoms with van der Waals surface area (Å²) in [5.74, 6) is 0. The third kappa shape index (κ3) is 537. The maximum atomic E-state index is 8.82. The second kappa shape index (κ2) is 9.12. The first-order valence-electron chi connectivity index (χ1n) is 1.37. The van der Waals surface area contributed by atoms with Crippen molar-refractivity contribution >= 4 is 17.1 Å². The van der Waals surface area contributed by atoms with Gasteiger partial charge in [-0.3, -0.25) is 0 Å². The molecular weight excluding hydrogens is 423 g/mol. The normalized spacial score (nSPS) is 9.67. The predicted octanol–water partition coefficient (Wildman–Crippen LogP) is -4.89. The Morgan fingerprint density at radius 3 is 0.917 bits per heavy atom. The van der Waals surface area contributed by atoms with Gasteiger partial charge in [0.1, 0.15) is 0 Å². The van der Waals surface area contributed by atoms with Crippen LogP contribution < -0.4 is 8.32 Å². The van der Waals surface area contributed by atoms with E-state index in [2.05, 4.69) is 0 Å². The molecule has 0 radical (unpaired) electrons. The quantitative estimate of drug-likeness (QED) is 0.365. The summed E-state index contributed by atoms with van der Waals surface area (Å²) in [4.78, 5) is 0. The molecule has 0 spiro atoms. The minimum atomic E-state index is -5.75. The van der Waals surface area contributed by atoms with Crippen molar-refractivity contribution in [3.05, 3.63) is 0 Å². The summed E-state index contributed by atoms with van der Waals surface area (Å²) in [6, 6.07) is 0. The van der Waals surface area contributed by atoms with Gasteiger partial charge in [0.25, 0.3) is 0 Å². The van der Waals surface area contributed by atoms with Crippen LogP contribution in [0.2, 0.25) is 0 Å². The van der Waals surface area contributed by atoms with E-state index in [1.807, 2.05) is 0 Å². The molecule has 0 saturated heterocycles. The molecule has 0 aliphatic rings. The molecule has 0 unspecified atom stereocenters. The van der Waals surface area contributed by atoms with Crippen LogP contribution in [0.3, 0.4) is 0 Å². The average molecular weight is 427 g/mol. The van der Waals surface area contributed by atoms with E-state index in [4.69, 9.17) is 31.8 Å². The van der Waals surface area contributed by atoms with Gasteiger partial charge >= 0.3 is 103 Å². The summed E-state index contributed by atoms with van der Waals surface area (Å²) in [5.41, 5.74) is 0. The Morgan fingerprint density at radius 2 is 0.917 bits per heavy atom. The molecule has 0 saturated carbocycles. The molecule has 0 aromatic rings. The van der Waals surface area contributed by atoms with Crippen LogP contribution >= 0.6 is 0 Å². The van der Waals surface area contributed by atoms with Gasteiger partial charge in [-0.2, -0.15) is 0 Å². The van der Waals surface area contributed by atoms with Gasteiger partial charge in [0.05, 0.1) is 0 Å². The summed E-state index contributed by atoms with van der Waals surface area (Å²) in [6.07, 6.45) is 0. The minimum absolute atomic E-state index is 0. The zero-order chi connectivity index (χ0) is 9.00. The molecule has 8 nitrogen and oxygen atoms in total. The third-order valence-corrected chi connectivity index (χ3v) is 0. The van der Waals surface area contributed by atoms with Crippen LogP contribution in [-0.2, 0) is 69.7 Å². The van der Waals surface area contributed by atoms with Crippen LogP contribution in [0.1, 0.15) is 0 Å². The van der Waals surface area contributed by atoms with Gasteiger partial charge in [-0.15, -0.1) is 0 Å². The van der Waals surface area contributed by atoms with Crippen molar-refractivity contribution in [2.75, 3.05) is 0 Å². The van der Waals surface area contributed by atoms with Gasteiger partial charge in [0.2, 0.25) is 0 Å². The van der Waals surface area contributed by atoms with Crippen LogP contribution in [0.5, 0.6) is 0 Å². The van der Waals surface area contributed by atoms with E-state index < -0.39 is 27.2 Å². The van der Waals surface area contributed by atoms with Crippen molar-refractivity contribution in [3.8, 4) is 0 Å². The van der Waals surface area contributed by atoms with E-state index in [1.165, 1.54) is 0 Å². The van der Waals surface area contributed by atoms with Crippen molar-refractivity contribution < 1.29 is 86.4 Å². The summed E-state index contributed by atoms with van der Waals surface area (Å²) in [5, 5.41) is 0. The maximum absolute atomic E-state index is 8.82. The molecule has 0 heterocycles. The number of hydrogen-bond acceptors (Lipinski definition) is 6. The van der Waals surface area contributed by atoms with Crippen LogP contribution in [0.25, 0.3) is 0 Å². The number of rotatable bonds is 0. The molecule has 2 N–H and O–H groups in total. The molecule has 72 valence electrons. The fourth-order valence-electron chi connectivity index (χ4n) is 0. The van der Waals surface area contributed by atoms with E-state index in [9.17, 15) is 0 Å². The van der Waals surface area contributed by atoms with Gasteiger partial charge in [-0.05, 0) is 0 Å². The molecule has 0 amide bonds. The zero-order valence-corrected chi connectivity index (χ0v) is 14.1. The summed E-state index contributed by atoms with van der Waals surface area (Å²) in [6.45, 7) is 0. The van der Waals surface area contributed by atoms with Crippen molar-refractivity contribution in [1.82, 2.24) is 0 Å². The molecule has 0 bridgehead atoms. The molecule has 0 rings (SSSR count). The van der Waals surface area contributed by atoms with Crippen LogP contribution in [-0.4, -0.2) is 25.4 Å². The van der Waals surface area contributed by atoms with E-state index >= 15 is 0 Å². The molecule has 0 aliphatic carbocycles. The van der Waals surface area contributed by atoms with E-state index in [-0.39, 0.29) is 44.4 Å². The van der Waals surface area contributed by atoms with Crippen molar-refractivity contribution in [2.45, 2.75) is 0 Å². The zero-order valence-electron chi connectivity index (χ0n) is 5.37. The molecule has 0 aromatic carbocycles. The van der Waals surface area contributed by atoms with E-state index in [0.717, 1.165) is 0 Å². The van der Waals surface area contributed by atoms with E-state index in [0.29, 0.717) is 0 Å². The fourth-order valence-corrected chi connectivity index (χ4v) is 0. The third-order valence-electron chi connectivity index (χ3n) is 0. The first kappa shape index (κ1) is 23.4. The molecular formula is H4CdCr2O8Se. The molecule has 12 heteroatoms. The molecule has 0 aromatic heterocycles. The summed E-state index contributed by atoms with van der Waals surface area (Å²) in [7, 11) is 0. The van der Waals surface area contributed by atoms with Crippen LogP contribution in [0.4, 0.5) is 0 Å². The Bertz CT molecular complexity index is 213. The first-order valence-corrected chi connectivity index (χ1v) is 5.63. The Labute approximate surface area is 102 Å². The Kier molecular flexibility index (Phi) is 17.8. The summed E-state index contributed by atoms with van der Waals surface area (Å²) < 4.78 is 66.2. The van der Waals surface area contributed by atoms with Gasteiger partial charge in [0, 0.05) is 0 Å². The molecule has 0 fully saturated rings. The van der Waals surface area contributed by atoms with E-state index in [1.54, 1.807) is 0 Å². The Hall–Kier alpha value is 1.55. The fraction of sp³-hybridized carbons (Fsp3) is 0. The summed E-state index contributed by atoms with van der Waals surface area (Å²) >= 11 is -11.0. The average Bonchev–Trinajstić information content (AvgIpc) is 1.12. The standard InChI is InChI=1S/Cd.2Cr.2H2O.6O.H2Se/h;;;2*1H2;;;;;;;1H2/q+2;;+2;;;;;;;2*-1;/p-2. The van der Waals surface area contributed by atoms with Gasteiger partial charge in [0.15, 0.2) is 0 Å². The van der Waals surface area contributed by atoms with Crippen molar-refractivity contribution in [2.24, 2.45) is 0 Å². The molecule has 0 aliphatic heterocycles. The Balaban J connectivity index is -0.0000000457. The van der Waals surface area contributed by atoms with Gasteiger partial charge in [-0.25, -0.2) is 0 Å².